The van der Waals surface area contributed by atoms with Crippen molar-refractivity contribution in [3.05, 3.63) is 0 Å². The van der Waals surface area contributed by atoms with Gasteiger partial charge in [0.1, 0.15) is 6.04 Å². The van der Waals surface area contributed by atoms with E-state index in [1.807, 2.05) is 11.8 Å². The van der Waals surface area contributed by atoms with Crippen LogP contribution in [0.4, 0.5) is 0 Å². The Balaban J connectivity index is 1.71. The molecule has 108 valence electrons. The average molecular weight is 287 g/mol. The number of hydrogen-bond acceptors (Lipinski definition) is 5. The molecule has 0 saturated carbocycles. The molecule has 0 aromatic heterocycles. The van der Waals surface area contributed by atoms with E-state index >= 15 is 0 Å². The second-order valence-electron chi connectivity index (χ2n) is 5.65. The molecule has 3 saturated heterocycles. The molecule has 3 unspecified atom stereocenters. The van der Waals surface area contributed by atoms with Crippen molar-refractivity contribution >= 4 is 17.7 Å². The van der Waals surface area contributed by atoms with Crippen molar-refractivity contribution in [2.24, 2.45) is 0 Å². The van der Waals surface area contributed by atoms with Crippen LogP contribution in [0.5, 0.6) is 0 Å². The third-order valence-corrected chi connectivity index (χ3v) is 5.68. The minimum absolute atomic E-state index is 0.00887. The first-order valence-corrected chi connectivity index (χ1v) is 8.14. The largest absolute Gasteiger partial charge is 0.480 e. The van der Waals surface area contributed by atoms with E-state index in [1.165, 1.54) is 0 Å². The predicted molar refractivity (Wildman–Crippen MR) is 72.6 cm³/mol. The number of nitrogens with zero attached hydrogens (tertiary/aromatic N) is 1. The fourth-order valence-corrected chi connectivity index (χ4v) is 4.79. The molecular formula is C13H21NO4S. The maximum atomic E-state index is 11.4. The second kappa shape index (κ2) is 5.60. The first-order valence-electron chi connectivity index (χ1n) is 6.98. The summed E-state index contributed by atoms with van der Waals surface area (Å²) in [6, 6.07) is -0.152. The lowest BCUT2D eigenvalue weighted by molar-refractivity contribution is -0.158. The summed E-state index contributed by atoms with van der Waals surface area (Å²) in [5.41, 5.74) is 0.00887. The monoisotopic (exact) mass is 287 g/mol. The van der Waals surface area contributed by atoms with Crippen molar-refractivity contribution in [3.8, 4) is 0 Å². The van der Waals surface area contributed by atoms with Crippen molar-refractivity contribution in [1.82, 2.24) is 4.90 Å². The van der Waals surface area contributed by atoms with Crippen molar-refractivity contribution in [2.75, 3.05) is 37.9 Å². The Bertz CT molecular complexity index is 346. The summed E-state index contributed by atoms with van der Waals surface area (Å²) in [5, 5.41) is 9.34. The maximum Gasteiger partial charge on any atom is 0.323 e. The lowest BCUT2D eigenvalue weighted by atomic mass is 9.88. The van der Waals surface area contributed by atoms with E-state index < -0.39 is 12.0 Å². The number of carboxylic acid groups (broad SMARTS) is 1. The molecule has 3 fully saturated rings. The molecule has 0 amide bonds. The summed E-state index contributed by atoms with van der Waals surface area (Å²) >= 11 is 1.95. The van der Waals surface area contributed by atoms with Gasteiger partial charge in [-0.05, 0) is 25.0 Å². The summed E-state index contributed by atoms with van der Waals surface area (Å²) in [4.78, 5) is 13.5. The highest BCUT2D eigenvalue weighted by Gasteiger charge is 2.44. The molecule has 0 aliphatic carbocycles. The molecule has 1 N–H and O–H groups in total. The van der Waals surface area contributed by atoms with Crippen molar-refractivity contribution in [2.45, 2.75) is 36.9 Å². The molecule has 5 nitrogen and oxygen atoms in total. The van der Waals surface area contributed by atoms with E-state index in [-0.39, 0.29) is 5.60 Å². The van der Waals surface area contributed by atoms with Crippen LogP contribution in [0, 0.1) is 0 Å². The van der Waals surface area contributed by atoms with E-state index in [4.69, 9.17) is 9.47 Å². The lowest BCUT2D eigenvalue weighted by Gasteiger charge is -2.45. The van der Waals surface area contributed by atoms with Crippen molar-refractivity contribution in [3.63, 3.8) is 0 Å². The highest BCUT2D eigenvalue weighted by atomic mass is 32.2. The molecule has 3 atom stereocenters. The zero-order chi connectivity index (χ0) is 13.3. The first-order chi connectivity index (χ1) is 9.20. The highest BCUT2D eigenvalue weighted by Crippen LogP contribution is 2.40. The molecule has 19 heavy (non-hydrogen) atoms. The number of hydrogen-bond donors (Lipinski definition) is 1. The number of ether oxygens (including phenoxy) is 2. The molecular weight excluding hydrogens is 266 g/mol. The van der Waals surface area contributed by atoms with Gasteiger partial charge in [0.2, 0.25) is 0 Å². The van der Waals surface area contributed by atoms with Gasteiger partial charge in [0, 0.05) is 24.9 Å². The zero-order valence-corrected chi connectivity index (χ0v) is 11.9. The predicted octanol–water partition coefficient (Wildman–Crippen LogP) is 0.826. The van der Waals surface area contributed by atoms with Gasteiger partial charge in [0.15, 0.2) is 0 Å². The Morgan fingerprint density at radius 2 is 2.32 bits per heavy atom. The maximum absolute atomic E-state index is 11.4. The Hall–Kier alpha value is -0.300. The molecule has 0 aromatic carbocycles. The summed E-state index contributed by atoms with van der Waals surface area (Å²) in [6.45, 7) is 2.44. The van der Waals surface area contributed by atoms with Gasteiger partial charge in [0.25, 0.3) is 0 Å². The van der Waals surface area contributed by atoms with E-state index in [1.54, 1.807) is 0 Å². The van der Waals surface area contributed by atoms with Gasteiger partial charge in [-0.15, -0.1) is 0 Å². The second-order valence-corrected chi connectivity index (χ2v) is 6.75. The van der Waals surface area contributed by atoms with Crippen LogP contribution in [-0.2, 0) is 14.3 Å². The fraction of sp³-hybridized carbons (Fsp3) is 0.923. The van der Waals surface area contributed by atoms with Crippen LogP contribution in [0.15, 0.2) is 0 Å². The molecule has 3 aliphatic heterocycles. The summed E-state index contributed by atoms with van der Waals surface area (Å²) in [5.74, 6) is 1.46. The van der Waals surface area contributed by atoms with Crippen LogP contribution in [0.25, 0.3) is 0 Å². The number of carbonyl (C=O) groups is 1. The van der Waals surface area contributed by atoms with Gasteiger partial charge in [-0.3, -0.25) is 9.69 Å². The van der Waals surface area contributed by atoms with Crippen LogP contribution in [-0.4, -0.2) is 71.5 Å². The molecule has 3 heterocycles. The third-order valence-electron chi connectivity index (χ3n) is 4.46. The molecule has 0 aromatic rings. The number of thioether (sulfide) groups is 1. The third kappa shape index (κ3) is 2.77. The minimum atomic E-state index is -0.763. The van der Waals surface area contributed by atoms with Crippen LogP contribution in [0.2, 0.25) is 0 Å². The quantitative estimate of drug-likeness (QED) is 0.812. The highest BCUT2D eigenvalue weighted by molar-refractivity contribution is 7.99. The van der Waals surface area contributed by atoms with Gasteiger partial charge >= 0.3 is 5.97 Å². The number of morpholine rings is 1. The normalized spacial score (nSPS) is 40.6. The van der Waals surface area contributed by atoms with E-state index in [9.17, 15) is 9.90 Å². The Labute approximate surface area is 117 Å². The SMILES string of the molecule is O=C(O)C1COCCN1C1CCOC2(CCSC2)C1. The topological polar surface area (TPSA) is 59.0 Å². The number of carboxylic acids is 1. The summed E-state index contributed by atoms with van der Waals surface area (Å²) < 4.78 is 11.3. The van der Waals surface area contributed by atoms with Gasteiger partial charge in [-0.1, -0.05) is 0 Å². The molecule has 3 aliphatic rings. The van der Waals surface area contributed by atoms with Crippen LogP contribution >= 0.6 is 11.8 Å². The fourth-order valence-electron chi connectivity index (χ4n) is 3.41. The minimum Gasteiger partial charge on any atom is -0.480 e. The van der Waals surface area contributed by atoms with Crippen molar-refractivity contribution < 1.29 is 19.4 Å². The average Bonchev–Trinajstić information content (AvgIpc) is 2.86. The van der Waals surface area contributed by atoms with Gasteiger partial charge in [-0.25, -0.2) is 0 Å². The van der Waals surface area contributed by atoms with Crippen LogP contribution < -0.4 is 0 Å². The Kier molecular flexibility index (Phi) is 4.03. The summed E-state index contributed by atoms with van der Waals surface area (Å²) in [7, 11) is 0. The molecule has 0 bridgehead atoms. The first kappa shape index (κ1) is 13.7. The van der Waals surface area contributed by atoms with Crippen LogP contribution in [0.3, 0.4) is 0 Å². The van der Waals surface area contributed by atoms with Gasteiger partial charge < -0.3 is 14.6 Å². The van der Waals surface area contributed by atoms with E-state index in [0.717, 1.165) is 43.9 Å². The lowest BCUT2D eigenvalue weighted by Crippen LogP contribution is -2.58. The summed E-state index contributed by atoms with van der Waals surface area (Å²) in [6.07, 6.45) is 3.02. The van der Waals surface area contributed by atoms with E-state index in [2.05, 4.69) is 4.90 Å². The molecule has 1 spiro atoms. The zero-order valence-electron chi connectivity index (χ0n) is 11.0. The van der Waals surface area contributed by atoms with Crippen molar-refractivity contribution in [1.29, 1.82) is 0 Å². The number of rotatable bonds is 2. The molecule has 6 heteroatoms. The van der Waals surface area contributed by atoms with E-state index in [0.29, 0.717) is 19.3 Å². The molecule has 0 radical (unpaired) electrons. The van der Waals surface area contributed by atoms with Gasteiger partial charge in [0.05, 0.1) is 18.8 Å². The Morgan fingerprint density at radius 3 is 3.05 bits per heavy atom. The van der Waals surface area contributed by atoms with Gasteiger partial charge in [-0.2, -0.15) is 11.8 Å². The Morgan fingerprint density at radius 1 is 1.42 bits per heavy atom. The number of aliphatic carboxylic acids is 1. The standard InChI is InChI=1S/C13H21NO4S/c15-12(16)11-8-17-5-3-14(11)10-1-4-18-13(7-10)2-6-19-9-13/h10-11H,1-9H2,(H,15,16). The van der Waals surface area contributed by atoms with Crippen LogP contribution in [0.1, 0.15) is 19.3 Å². The molecule has 3 rings (SSSR count). The smallest absolute Gasteiger partial charge is 0.323 e.